The van der Waals surface area contributed by atoms with Crippen LogP contribution in [-0.2, 0) is 4.79 Å². The van der Waals surface area contributed by atoms with Crippen molar-refractivity contribution in [1.82, 2.24) is 10.3 Å². The lowest BCUT2D eigenvalue weighted by molar-refractivity contribution is -0.121. The number of carbonyl (C=O) groups excluding carboxylic acids is 1. The van der Waals surface area contributed by atoms with Crippen molar-refractivity contribution in [3.63, 3.8) is 0 Å². The lowest BCUT2D eigenvalue weighted by atomic mass is 9.91. The van der Waals surface area contributed by atoms with Gasteiger partial charge < -0.3 is 4.42 Å². The number of rotatable bonds is 4. The smallest absolute Gasteiger partial charge is 0.220 e. The van der Waals surface area contributed by atoms with Crippen LogP contribution < -0.4 is 5.32 Å². The fourth-order valence-corrected chi connectivity index (χ4v) is 3.66. The molecule has 4 heteroatoms. The Morgan fingerprint density at radius 2 is 1.77 bits per heavy atom. The molecule has 2 aliphatic rings. The van der Waals surface area contributed by atoms with Crippen molar-refractivity contribution in [3.05, 3.63) is 78.2 Å². The molecule has 2 aromatic carbocycles. The molecule has 1 aliphatic carbocycles. The van der Waals surface area contributed by atoms with E-state index in [9.17, 15) is 4.79 Å². The summed E-state index contributed by atoms with van der Waals surface area (Å²) in [6.07, 6.45) is 6.76. The Labute approximate surface area is 151 Å². The molecule has 5 rings (SSSR count). The third kappa shape index (κ3) is 2.76. The van der Waals surface area contributed by atoms with E-state index in [1.807, 2.05) is 42.5 Å². The van der Waals surface area contributed by atoms with Crippen LogP contribution in [0.4, 0.5) is 0 Å². The molecule has 1 aromatic heterocycles. The Bertz CT molecular complexity index is 939. The van der Waals surface area contributed by atoms with Crippen LogP contribution in [0.5, 0.6) is 0 Å². The SMILES string of the molecule is O=C1C(c2nc3ccccc3o2)NC(c2ccccc2)C1/C=C\C1CC1. The van der Waals surface area contributed by atoms with Gasteiger partial charge in [-0.1, -0.05) is 54.6 Å². The van der Waals surface area contributed by atoms with Gasteiger partial charge in [0.15, 0.2) is 11.4 Å². The third-order valence-electron chi connectivity index (χ3n) is 5.25. The fraction of sp³-hybridized carbons (Fsp3) is 0.273. The molecule has 3 unspecified atom stereocenters. The Balaban J connectivity index is 1.51. The molecule has 0 amide bonds. The topological polar surface area (TPSA) is 55.1 Å². The maximum atomic E-state index is 13.2. The van der Waals surface area contributed by atoms with Gasteiger partial charge in [0.2, 0.25) is 5.89 Å². The van der Waals surface area contributed by atoms with Crippen LogP contribution in [0.2, 0.25) is 0 Å². The molecular formula is C22H20N2O2. The van der Waals surface area contributed by atoms with Gasteiger partial charge in [0.25, 0.3) is 0 Å². The quantitative estimate of drug-likeness (QED) is 0.714. The molecule has 1 aliphatic heterocycles. The number of Topliss-reactive ketones (excluding diaryl/α,β-unsaturated/α-hetero) is 1. The highest BCUT2D eigenvalue weighted by Gasteiger charge is 2.44. The van der Waals surface area contributed by atoms with Gasteiger partial charge in [-0.05, 0) is 36.5 Å². The lowest BCUT2D eigenvalue weighted by Gasteiger charge is -2.15. The van der Waals surface area contributed by atoms with Gasteiger partial charge in [0, 0.05) is 6.04 Å². The van der Waals surface area contributed by atoms with Crippen molar-refractivity contribution in [2.24, 2.45) is 11.8 Å². The van der Waals surface area contributed by atoms with E-state index in [1.54, 1.807) is 0 Å². The molecule has 130 valence electrons. The first-order valence-electron chi connectivity index (χ1n) is 9.18. The van der Waals surface area contributed by atoms with Crippen LogP contribution >= 0.6 is 0 Å². The van der Waals surface area contributed by atoms with Gasteiger partial charge in [-0.15, -0.1) is 0 Å². The summed E-state index contributed by atoms with van der Waals surface area (Å²) >= 11 is 0. The van der Waals surface area contributed by atoms with Crippen LogP contribution in [0.1, 0.15) is 36.4 Å². The molecule has 3 atom stereocenters. The van der Waals surface area contributed by atoms with Crippen LogP contribution in [0.3, 0.4) is 0 Å². The van der Waals surface area contributed by atoms with Gasteiger partial charge in [-0.3, -0.25) is 10.1 Å². The van der Waals surface area contributed by atoms with Crippen molar-refractivity contribution < 1.29 is 9.21 Å². The number of carbonyl (C=O) groups is 1. The monoisotopic (exact) mass is 344 g/mol. The molecule has 1 saturated carbocycles. The molecule has 0 bridgehead atoms. The van der Waals surface area contributed by atoms with Crippen LogP contribution in [0.15, 0.2) is 71.2 Å². The molecule has 2 fully saturated rings. The number of para-hydroxylation sites is 2. The number of hydrogen-bond donors (Lipinski definition) is 1. The minimum Gasteiger partial charge on any atom is -0.438 e. The highest BCUT2D eigenvalue weighted by molar-refractivity contribution is 5.91. The molecular weight excluding hydrogens is 324 g/mol. The van der Waals surface area contributed by atoms with Crippen molar-refractivity contribution >= 4 is 16.9 Å². The number of allylic oxidation sites excluding steroid dienone is 1. The van der Waals surface area contributed by atoms with Crippen molar-refractivity contribution in [2.75, 3.05) is 0 Å². The molecule has 0 spiro atoms. The van der Waals surface area contributed by atoms with Crippen LogP contribution in [-0.4, -0.2) is 10.8 Å². The molecule has 1 N–H and O–H groups in total. The van der Waals surface area contributed by atoms with E-state index in [0.717, 1.165) is 11.1 Å². The Hall–Kier alpha value is -2.72. The first-order chi connectivity index (χ1) is 12.8. The second kappa shape index (κ2) is 6.22. The third-order valence-corrected chi connectivity index (χ3v) is 5.25. The number of nitrogens with zero attached hydrogens (tertiary/aromatic N) is 1. The number of nitrogens with one attached hydrogen (secondary N) is 1. The Morgan fingerprint density at radius 1 is 1.00 bits per heavy atom. The minimum atomic E-state index is -0.513. The summed E-state index contributed by atoms with van der Waals surface area (Å²) in [6.45, 7) is 0. The largest absolute Gasteiger partial charge is 0.438 e. The van der Waals surface area contributed by atoms with Gasteiger partial charge in [-0.2, -0.15) is 0 Å². The van der Waals surface area contributed by atoms with Crippen molar-refractivity contribution in [3.8, 4) is 0 Å². The maximum Gasteiger partial charge on any atom is 0.220 e. The minimum absolute atomic E-state index is 0.0567. The zero-order chi connectivity index (χ0) is 17.5. The van der Waals surface area contributed by atoms with Gasteiger partial charge in [0.05, 0.1) is 5.92 Å². The highest BCUT2D eigenvalue weighted by Crippen LogP contribution is 2.39. The highest BCUT2D eigenvalue weighted by atomic mass is 16.4. The predicted octanol–water partition coefficient (Wildman–Crippen LogP) is 4.36. The first kappa shape index (κ1) is 15.5. The summed E-state index contributed by atoms with van der Waals surface area (Å²) in [5.74, 6) is 1.03. The molecule has 4 nitrogen and oxygen atoms in total. The maximum absolute atomic E-state index is 13.2. The molecule has 2 heterocycles. The van der Waals surface area contributed by atoms with Gasteiger partial charge >= 0.3 is 0 Å². The van der Waals surface area contributed by atoms with Crippen molar-refractivity contribution in [1.29, 1.82) is 0 Å². The normalized spacial score (nSPS) is 26.2. The molecule has 0 radical (unpaired) electrons. The summed E-state index contributed by atoms with van der Waals surface area (Å²) in [6, 6.07) is 17.2. The summed E-state index contributed by atoms with van der Waals surface area (Å²) in [5, 5.41) is 3.47. The number of benzene rings is 2. The Morgan fingerprint density at radius 3 is 2.54 bits per heavy atom. The number of ketones is 1. The van der Waals surface area contributed by atoms with E-state index in [-0.39, 0.29) is 17.7 Å². The molecule has 1 saturated heterocycles. The summed E-state index contributed by atoms with van der Waals surface area (Å²) < 4.78 is 5.87. The van der Waals surface area contributed by atoms with Gasteiger partial charge in [0.1, 0.15) is 11.6 Å². The second-order valence-electron chi connectivity index (χ2n) is 7.16. The molecule has 3 aromatic rings. The van der Waals surface area contributed by atoms with Crippen LogP contribution in [0, 0.1) is 11.8 Å². The van der Waals surface area contributed by atoms with E-state index < -0.39 is 6.04 Å². The zero-order valence-electron chi connectivity index (χ0n) is 14.3. The van der Waals surface area contributed by atoms with E-state index in [4.69, 9.17) is 4.42 Å². The summed E-state index contributed by atoms with van der Waals surface area (Å²) in [4.78, 5) is 17.7. The lowest BCUT2D eigenvalue weighted by Crippen LogP contribution is -2.20. The number of oxazole rings is 1. The number of fused-ring (bicyclic) bond motifs is 1. The number of aromatic nitrogens is 1. The van der Waals surface area contributed by atoms with E-state index in [2.05, 4.69) is 34.6 Å². The summed E-state index contributed by atoms with van der Waals surface area (Å²) in [7, 11) is 0. The average molecular weight is 344 g/mol. The van der Waals surface area contributed by atoms with E-state index in [0.29, 0.717) is 17.4 Å². The standard InChI is InChI=1S/C22H20N2O2/c25-21-16(13-12-14-10-11-14)19(15-6-2-1-3-7-15)24-20(21)22-23-17-8-4-5-9-18(17)26-22/h1-9,12-14,16,19-20,24H,10-11H2/b13-12-. The second-order valence-corrected chi connectivity index (χ2v) is 7.16. The van der Waals surface area contributed by atoms with E-state index >= 15 is 0 Å². The fourth-order valence-electron chi connectivity index (χ4n) is 3.66. The Kier molecular flexibility index (Phi) is 3.71. The zero-order valence-corrected chi connectivity index (χ0v) is 14.3. The van der Waals surface area contributed by atoms with Crippen molar-refractivity contribution in [2.45, 2.75) is 24.9 Å². The number of hydrogen-bond acceptors (Lipinski definition) is 4. The average Bonchev–Trinajstić information content (AvgIpc) is 3.31. The molecule has 26 heavy (non-hydrogen) atoms. The predicted molar refractivity (Wildman–Crippen MR) is 99.4 cm³/mol. The van der Waals surface area contributed by atoms with E-state index in [1.165, 1.54) is 12.8 Å². The first-order valence-corrected chi connectivity index (χ1v) is 9.18. The summed E-state index contributed by atoms with van der Waals surface area (Å²) in [5.41, 5.74) is 2.61. The van der Waals surface area contributed by atoms with Gasteiger partial charge in [-0.25, -0.2) is 4.98 Å². The van der Waals surface area contributed by atoms with Crippen LogP contribution in [0.25, 0.3) is 11.1 Å².